The highest BCUT2D eigenvalue weighted by Gasteiger charge is 2.34. The van der Waals surface area contributed by atoms with Crippen molar-refractivity contribution in [1.29, 1.82) is 0 Å². The smallest absolute Gasteiger partial charge is 0.227 e. The molecule has 2 atom stereocenters. The van der Waals surface area contributed by atoms with E-state index in [1.165, 1.54) is 5.56 Å². The van der Waals surface area contributed by atoms with E-state index in [1.807, 2.05) is 53.4 Å². The van der Waals surface area contributed by atoms with Crippen molar-refractivity contribution in [1.82, 2.24) is 9.55 Å². The summed E-state index contributed by atoms with van der Waals surface area (Å²) >= 11 is 6.19. The summed E-state index contributed by atoms with van der Waals surface area (Å²) in [6.07, 6.45) is 2.37. The number of imidazole rings is 1. The van der Waals surface area contributed by atoms with Crippen molar-refractivity contribution in [3.8, 4) is 5.75 Å². The molecular weight excluding hydrogens is 470 g/mol. The Kier molecular flexibility index (Phi) is 7.28. The maximum Gasteiger partial charge on any atom is 0.227 e. The number of rotatable bonds is 9. The van der Waals surface area contributed by atoms with Gasteiger partial charge in [-0.2, -0.15) is 0 Å². The first-order valence-electron chi connectivity index (χ1n) is 12.8. The summed E-state index contributed by atoms with van der Waals surface area (Å²) in [4.78, 5) is 19.8. The average molecular weight is 502 g/mol. The average Bonchev–Trinajstić information content (AvgIpc) is 3.46. The van der Waals surface area contributed by atoms with E-state index in [2.05, 4.69) is 42.7 Å². The summed E-state index contributed by atoms with van der Waals surface area (Å²) in [6.45, 7) is 6.44. The van der Waals surface area contributed by atoms with Gasteiger partial charge in [-0.25, -0.2) is 4.98 Å². The molecule has 5 nitrogen and oxygen atoms in total. The van der Waals surface area contributed by atoms with Crippen molar-refractivity contribution in [2.75, 3.05) is 18.1 Å². The molecule has 0 spiro atoms. The number of carbonyl (C=O) groups is 1. The number of halogens is 1. The second kappa shape index (κ2) is 10.8. The number of aryl methyl sites for hydroxylation is 1. The van der Waals surface area contributed by atoms with Gasteiger partial charge in [-0.1, -0.05) is 61.8 Å². The number of carbonyl (C=O) groups excluding carboxylic acids is 1. The molecule has 2 heterocycles. The molecule has 1 fully saturated rings. The molecule has 1 saturated heterocycles. The lowest BCUT2D eigenvalue weighted by Crippen LogP contribution is -2.24. The summed E-state index contributed by atoms with van der Waals surface area (Å²) in [5.74, 6) is 2.53. The molecule has 4 aromatic rings. The molecular formula is C30H32ClN3O2. The van der Waals surface area contributed by atoms with Crippen LogP contribution in [0.15, 0.2) is 72.8 Å². The van der Waals surface area contributed by atoms with Crippen LogP contribution in [0.5, 0.6) is 5.75 Å². The van der Waals surface area contributed by atoms with E-state index in [0.29, 0.717) is 30.5 Å². The van der Waals surface area contributed by atoms with Crippen molar-refractivity contribution in [2.45, 2.75) is 51.5 Å². The zero-order chi connectivity index (χ0) is 25.1. The molecule has 2 unspecified atom stereocenters. The normalized spacial score (nSPS) is 16.6. The summed E-state index contributed by atoms with van der Waals surface area (Å²) in [6, 6.07) is 24.0. The maximum atomic E-state index is 13.0. The predicted octanol–water partition coefficient (Wildman–Crippen LogP) is 7.19. The first-order valence-corrected chi connectivity index (χ1v) is 13.2. The highest BCUT2D eigenvalue weighted by Crippen LogP contribution is 2.34. The van der Waals surface area contributed by atoms with Crippen molar-refractivity contribution in [3.63, 3.8) is 0 Å². The Morgan fingerprint density at radius 1 is 1.08 bits per heavy atom. The van der Waals surface area contributed by atoms with E-state index < -0.39 is 0 Å². The SMILES string of the molecule is CCC(C)c1ccccc1OCCCn1c(C2CC(=O)N(c3cccc(Cl)c3)C2)nc2ccccc21. The lowest BCUT2D eigenvalue weighted by molar-refractivity contribution is -0.117. The van der Waals surface area contributed by atoms with E-state index in [4.69, 9.17) is 21.3 Å². The van der Waals surface area contributed by atoms with Crippen LogP contribution in [-0.2, 0) is 11.3 Å². The van der Waals surface area contributed by atoms with Gasteiger partial charge in [0, 0.05) is 36.1 Å². The molecule has 1 aliphatic heterocycles. The topological polar surface area (TPSA) is 47.4 Å². The highest BCUT2D eigenvalue weighted by atomic mass is 35.5. The van der Waals surface area contributed by atoms with Crippen LogP contribution >= 0.6 is 11.6 Å². The fraction of sp³-hybridized carbons (Fsp3) is 0.333. The first kappa shape index (κ1) is 24.4. The Labute approximate surface area is 217 Å². The Morgan fingerprint density at radius 2 is 1.89 bits per heavy atom. The molecule has 6 heteroatoms. The lowest BCUT2D eigenvalue weighted by atomic mass is 9.98. The first-order chi connectivity index (χ1) is 17.5. The molecule has 5 rings (SSSR count). The van der Waals surface area contributed by atoms with Crippen LogP contribution in [0.2, 0.25) is 5.02 Å². The summed E-state index contributed by atoms with van der Waals surface area (Å²) in [7, 11) is 0. The van der Waals surface area contributed by atoms with Crippen LogP contribution in [0.1, 0.15) is 56.3 Å². The maximum absolute atomic E-state index is 13.0. The largest absolute Gasteiger partial charge is 0.493 e. The third kappa shape index (κ3) is 4.98. The number of hydrogen-bond donors (Lipinski definition) is 0. The van der Waals surface area contributed by atoms with Gasteiger partial charge >= 0.3 is 0 Å². The summed E-state index contributed by atoms with van der Waals surface area (Å²) in [5, 5.41) is 0.630. The number of para-hydroxylation sites is 3. The third-order valence-corrected chi connectivity index (χ3v) is 7.38. The van der Waals surface area contributed by atoms with Gasteiger partial charge in [0.1, 0.15) is 11.6 Å². The zero-order valence-corrected chi connectivity index (χ0v) is 21.6. The summed E-state index contributed by atoms with van der Waals surface area (Å²) in [5.41, 5.74) is 4.16. The fourth-order valence-corrected chi connectivity index (χ4v) is 5.24. The van der Waals surface area contributed by atoms with Crippen molar-refractivity contribution < 1.29 is 9.53 Å². The van der Waals surface area contributed by atoms with E-state index in [0.717, 1.165) is 47.7 Å². The quantitative estimate of drug-likeness (QED) is 0.228. The third-order valence-electron chi connectivity index (χ3n) is 7.14. The van der Waals surface area contributed by atoms with E-state index in [1.54, 1.807) is 0 Å². The van der Waals surface area contributed by atoms with Crippen molar-refractivity contribution in [3.05, 3.63) is 89.2 Å². The molecule has 1 aromatic heterocycles. The molecule has 3 aromatic carbocycles. The van der Waals surface area contributed by atoms with Gasteiger partial charge in [0.2, 0.25) is 5.91 Å². The van der Waals surface area contributed by atoms with Gasteiger partial charge in [0.05, 0.1) is 17.6 Å². The van der Waals surface area contributed by atoms with Gasteiger partial charge in [-0.15, -0.1) is 0 Å². The van der Waals surface area contributed by atoms with Crippen LogP contribution in [0.25, 0.3) is 11.0 Å². The lowest BCUT2D eigenvalue weighted by Gasteiger charge is -2.18. The fourth-order valence-electron chi connectivity index (χ4n) is 5.06. The number of amides is 1. The Morgan fingerprint density at radius 3 is 2.72 bits per heavy atom. The Balaban J connectivity index is 1.33. The molecule has 186 valence electrons. The highest BCUT2D eigenvalue weighted by molar-refractivity contribution is 6.30. The van der Waals surface area contributed by atoms with Crippen LogP contribution < -0.4 is 9.64 Å². The Hall–Kier alpha value is -3.31. The van der Waals surface area contributed by atoms with Gasteiger partial charge in [-0.3, -0.25) is 4.79 Å². The molecule has 1 aliphatic rings. The monoisotopic (exact) mass is 501 g/mol. The second-order valence-corrected chi connectivity index (χ2v) is 9.98. The minimum absolute atomic E-state index is 0.0240. The van der Waals surface area contributed by atoms with Gasteiger partial charge in [-0.05, 0) is 60.7 Å². The molecule has 0 radical (unpaired) electrons. The number of fused-ring (bicyclic) bond motifs is 1. The predicted molar refractivity (Wildman–Crippen MR) is 146 cm³/mol. The molecule has 1 amide bonds. The number of anilines is 1. The number of nitrogens with zero attached hydrogens (tertiary/aromatic N) is 3. The molecule has 0 N–H and O–H groups in total. The molecule has 0 saturated carbocycles. The van der Waals surface area contributed by atoms with Gasteiger partial charge < -0.3 is 14.2 Å². The standard InChI is InChI=1S/C30H32ClN3O2/c1-3-21(2)25-12-4-7-15-28(25)36-17-9-16-33-27-14-6-5-13-26(27)32-30(33)22-18-29(35)34(20-22)24-11-8-10-23(31)19-24/h4-8,10-15,19,21-22H,3,9,16-18,20H2,1-2H3. The molecule has 0 bridgehead atoms. The van der Waals surface area contributed by atoms with Crippen molar-refractivity contribution >= 4 is 34.2 Å². The molecule has 0 aliphatic carbocycles. The van der Waals surface area contributed by atoms with E-state index in [-0.39, 0.29) is 11.8 Å². The zero-order valence-electron chi connectivity index (χ0n) is 20.9. The second-order valence-electron chi connectivity index (χ2n) is 9.54. The molecule has 36 heavy (non-hydrogen) atoms. The van der Waals surface area contributed by atoms with Gasteiger partial charge in [0.15, 0.2) is 0 Å². The van der Waals surface area contributed by atoms with Crippen molar-refractivity contribution in [2.24, 2.45) is 0 Å². The minimum atomic E-state index is 0.0240. The van der Waals surface area contributed by atoms with Crippen LogP contribution in [0.3, 0.4) is 0 Å². The van der Waals surface area contributed by atoms with Crippen LogP contribution in [-0.4, -0.2) is 28.6 Å². The minimum Gasteiger partial charge on any atom is -0.493 e. The Bertz CT molecular complexity index is 1370. The number of aromatic nitrogens is 2. The summed E-state index contributed by atoms with van der Waals surface area (Å²) < 4.78 is 8.51. The number of hydrogen-bond acceptors (Lipinski definition) is 3. The van der Waals surface area contributed by atoms with E-state index >= 15 is 0 Å². The number of ether oxygens (including phenoxy) is 1. The van der Waals surface area contributed by atoms with Gasteiger partial charge in [0.25, 0.3) is 0 Å². The van der Waals surface area contributed by atoms with Crippen LogP contribution in [0, 0.1) is 0 Å². The van der Waals surface area contributed by atoms with E-state index in [9.17, 15) is 4.79 Å². The van der Waals surface area contributed by atoms with Crippen LogP contribution in [0.4, 0.5) is 5.69 Å². The number of benzene rings is 3.